The van der Waals surface area contributed by atoms with E-state index in [-0.39, 0.29) is 5.78 Å². The number of thiophene rings is 1. The predicted molar refractivity (Wildman–Crippen MR) is 68.0 cm³/mol. The third-order valence-electron chi connectivity index (χ3n) is 2.40. The highest BCUT2D eigenvalue weighted by molar-refractivity contribution is 7.17. The second-order valence-corrected chi connectivity index (χ2v) is 4.66. The number of carbonyl (C=O) groups excluding carboxylic acids is 1. The first-order valence-electron chi connectivity index (χ1n) is 4.90. The molecule has 1 aromatic carbocycles. The van der Waals surface area contributed by atoms with Gasteiger partial charge in [-0.05, 0) is 18.2 Å². The number of hydrogen-bond donors (Lipinski definition) is 0. The number of carbonyl (C=O) groups is 1. The number of halogens is 1. The van der Waals surface area contributed by atoms with Crippen LogP contribution in [-0.4, -0.2) is 18.8 Å². The maximum Gasteiger partial charge on any atom is 0.165 e. The monoisotopic (exact) mass is 254 g/mol. The van der Waals surface area contributed by atoms with Crippen LogP contribution in [0.4, 0.5) is 0 Å². The van der Waals surface area contributed by atoms with Crippen LogP contribution in [0.5, 0.6) is 5.75 Å². The lowest BCUT2D eigenvalue weighted by molar-refractivity contribution is 0.0991. The zero-order valence-corrected chi connectivity index (χ0v) is 10.4. The first-order chi connectivity index (χ1) is 7.76. The van der Waals surface area contributed by atoms with Gasteiger partial charge >= 0.3 is 0 Å². The van der Waals surface area contributed by atoms with Crippen LogP contribution in [0.15, 0.2) is 23.6 Å². The Balaban J connectivity index is 2.49. The number of ketones is 1. The van der Waals surface area contributed by atoms with Gasteiger partial charge in [-0.1, -0.05) is 0 Å². The molecule has 0 N–H and O–H groups in total. The molecular weight excluding hydrogens is 244 g/mol. The summed E-state index contributed by atoms with van der Waals surface area (Å²) < 4.78 is 6.25. The Bertz CT molecular complexity index is 519. The van der Waals surface area contributed by atoms with Crippen molar-refractivity contribution in [3.05, 3.63) is 29.1 Å². The van der Waals surface area contributed by atoms with Gasteiger partial charge in [0, 0.05) is 33.3 Å². The van der Waals surface area contributed by atoms with Crippen molar-refractivity contribution in [2.75, 3.05) is 13.0 Å². The second kappa shape index (κ2) is 4.85. The Kier molecular flexibility index (Phi) is 3.46. The first-order valence-corrected chi connectivity index (χ1v) is 6.32. The van der Waals surface area contributed by atoms with E-state index < -0.39 is 0 Å². The number of methoxy groups -OCH3 is 1. The van der Waals surface area contributed by atoms with Crippen molar-refractivity contribution in [2.24, 2.45) is 0 Å². The third-order valence-corrected chi connectivity index (χ3v) is 3.56. The van der Waals surface area contributed by atoms with Gasteiger partial charge in [0.25, 0.3) is 0 Å². The lowest BCUT2D eigenvalue weighted by Gasteiger charge is -2.00. The van der Waals surface area contributed by atoms with E-state index in [9.17, 15) is 4.79 Å². The molecule has 0 atom stereocenters. The Morgan fingerprint density at radius 1 is 1.50 bits per heavy atom. The highest BCUT2D eigenvalue weighted by atomic mass is 35.5. The van der Waals surface area contributed by atoms with E-state index in [1.54, 1.807) is 18.4 Å². The number of benzene rings is 1. The quantitative estimate of drug-likeness (QED) is 0.614. The molecule has 0 aliphatic heterocycles. The topological polar surface area (TPSA) is 26.3 Å². The minimum atomic E-state index is 0.0921. The number of hydrogen-bond acceptors (Lipinski definition) is 3. The molecular formula is C12H11ClO2S. The molecule has 2 aromatic rings. The smallest absolute Gasteiger partial charge is 0.165 e. The SMILES string of the molecule is COc1ccc2scc(C(=O)CCCl)c2c1. The van der Waals surface area contributed by atoms with Gasteiger partial charge in [0.05, 0.1) is 7.11 Å². The lowest BCUT2D eigenvalue weighted by Crippen LogP contribution is -1.98. The fourth-order valence-corrected chi connectivity index (χ4v) is 2.69. The number of ether oxygens (including phenoxy) is 1. The zero-order chi connectivity index (χ0) is 11.5. The number of Topliss-reactive ketones (excluding diaryl/α,β-unsaturated/α-hetero) is 1. The van der Waals surface area contributed by atoms with Crippen LogP contribution in [0.1, 0.15) is 16.8 Å². The molecule has 2 rings (SSSR count). The average molecular weight is 255 g/mol. The molecule has 0 saturated carbocycles. The average Bonchev–Trinajstić information content (AvgIpc) is 2.71. The fraction of sp³-hybridized carbons (Fsp3) is 0.250. The van der Waals surface area contributed by atoms with E-state index in [1.165, 1.54) is 0 Å². The second-order valence-electron chi connectivity index (χ2n) is 3.37. The normalized spacial score (nSPS) is 10.6. The zero-order valence-electron chi connectivity index (χ0n) is 8.83. The van der Waals surface area contributed by atoms with E-state index in [0.717, 1.165) is 21.4 Å². The van der Waals surface area contributed by atoms with E-state index in [4.69, 9.17) is 16.3 Å². The number of fused-ring (bicyclic) bond motifs is 1. The molecule has 0 fully saturated rings. The highest BCUT2D eigenvalue weighted by Crippen LogP contribution is 2.30. The van der Waals surface area contributed by atoms with Crippen molar-refractivity contribution in [1.82, 2.24) is 0 Å². The van der Waals surface area contributed by atoms with E-state index in [2.05, 4.69) is 0 Å². The van der Waals surface area contributed by atoms with Gasteiger partial charge < -0.3 is 4.74 Å². The van der Waals surface area contributed by atoms with Crippen LogP contribution in [0.3, 0.4) is 0 Å². The minimum absolute atomic E-state index is 0.0921. The van der Waals surface area contributed by atoms with Crippen molar-refractivity contribution < 1.29 is 9.53 Å². The summed E-state index contributed by atoms with van der Waals surface area (Å²) in [5.74, 6) is 1.22. The fourth-order valence-electron chi connectivity index (χ4n) is 1.57. The predicted octanol–water partition coefficient (Wildman–Crippen LogP) is 3.72. The van der Waals surface area contributed by atoms with E-state index >= 15 is 0 Å². The molecule has 84 valence electrons. The summed E-state index contributed by atoms with van der Waals surface area (Å²) in [5.41, 5.74) is 0.750. The van der Waals surface area contributed by atoms with Crippen LogP contribution in [0, 0.1) is 0 Å². The van der Waals surface area contributed by atoms with Crippen molar-refractivity contribution in [3.8, 4) is 5.75 Å². The molecule has 0 saturated heterocycles. The molecule has 2 nitrogen and oxygen atoms in total. The standard InChI is InChI=1S/C12H11ClO2S/c1-15-8-2-3-12-9(6-8)10(7-16-12)11(14)4-5-13/h2-3,6-7H,4-5H2,1H3. The number of alkyl halides is 1. The van der Waals surface area contributed by atoms with Crippen LogP contribution < -0.4 is 4.74 Å². The van der Waals surface area contributed by atoms with Gasteiger partial charge in [-0.25, -0.2) is 0 Å². The van der Waals surface area contributed by atoms with Crippen molar-refractivity contribution >= 4 is 38.8 Å². The van der Waals surface area contributed by atoms with Gasteiger partial charge in [0.2, 0.25) is 0 Å². The Hall–Kier alpha value is -1.06. The summed E-state index contributed by atoms with van der Waals surface area (Å²) in [7, 11) is 1.62. The Morgan fingerprint density at radius 3 is 3.00 bits per heavy atom. The Labute approximate surface area is 103 Å². The summed E-state index contributed by atoms with van der Waals surface area (Å²) in [6.07, 6.45) is 0.380. The summed E-state index contributed by atoms with van der Waals surface area (Å²) >= 11 is 7.15. The summed E-state index contributed by atoms with van der Waals surface area (Å²) in [6, 6.07) is 5.76. The molecule has 16 heavy (non-hydrogen) atoms. The molecule has 0 aliphatic carbocycles. The lowest BCUT2D eigenvalue weighted by atomic mass is 10.1. The molecule has 0 radical (unpaired) electrons. The van der Waals surface area contributed by atoms with Crippen LogP contribution in [0.2, 0.25) is 0 Å². The maximum absolute atomic E-state index is 11.8. The molecule has 1 aromatic heterocycles. The molecule has 0 amide bonds. The van der Waals surface area contributed by atoms with Gasteiger partial charge in [-0.2, -0.15) is 0 Å². The summed E-state index contributed by atoms with van der Waals surface area (Å²) in [4.78, 5) is 11.8. The highest BCUT2D eigenvalue weighted by Gasteiger charge is 2.12. The molecule has 4 heteroatoms. The van der Waals surface area contributed by atoms with Crippen molar-refractivity contribution in [3.63, 3.8) is 0 Å². The van der Waals surface area contributed by atoms with Gasteiger partial charge in [0.15, 0.2) is 5.78 Å². The van der Waals surface area contributed by atoms with Gasteiger partial charge in [-0.15, -0.1) is 22.9 Å². The van der Waals surface area contributed by atoms with Crippen molar-refractivity contribution in [2.45, 2.75) is 6.42 Å². The van der Waals surface area contributed by atoms with Crippen LogP contribution in [0.25, 0.3) is 10.1 Å². The first kappa shape index (κ1) is 11.4. The molecule has 0 bridgehead atoms. The summed E-state index contributed by atoms with van der Waals surface area (Å²) in [5, 5.41) is 2.85. The molecule has 1 heterocycles. The van der Waals surface area contributed by atoms with Gasteiger partial charge in [-0.3, -0.25) is 4.79 Å². The molecule has 0 aliphatic rings. The van der Waals surface area contributed by atoms with E-state index in [0.29, 0.717) is 12.3 Å². The van der Waals surface area contributed by atoms with Gasteiger partial charge in [0.1, 0.15) is 5.75 Å². The molecule has 0 spiro atoms. The van der Waals surface area contributed by atoms with Crippen LogP contribution >= 0.6 is 22.9 Å². The minimum Gasteiger partial charge on any atom is -0.497 e. The number of rotatable bonds is 4. The van der Waals surface area contributed by atoms with E-state index in [1.807, 2.05) is 23.6 Å². The van der Waals surface area contributed by atoms with Crippen molar-refractivity contribution in [1.29, 1.82) is 0 Å². The van der Waals surface area contributed by atoms with Crippen LogP contribution in [-0.2, 0) is 0 Å². The maximum atomic E-state index is 11.8. The largest absolute Gasteiger partial charge is 0.497 e. The summed E-state index contributed by atoms with van der Waals surface area (Å²) in [6.45, 7) is 0. The third kappa shape index (κ3) is 2.06. The molecule has 0 unspecified atom stereocenters. The Morgan fingerprint density at radius 2 is 2.31 bits per heavy atom.